The van der Waals surface area contributed by atoms with Crippen LogP contribution in [-0.4, -0.2) is 30.5 Å². The summed E-state index contributed by atoms with van der Waals surface area (Å²) in [6, 6.07) is 5.89. The molecule has 0 saturated carbocycles. The number of methoxy groups -OCH3 is 1. The number of benzene rings is 1. The summed E-state index contributed by atoms with van der Waals surface area (Å²) in [6.45, 7) is 1.95. The monoisotopic (exact) mass is 336 g/mol. The second kappa shape index (κ2) is 7.82. The highest BCUT2D eigenvalue weighted by Gasteiger charge is 2.21. The quantitative estimate of drug-likeness (QED) is 0.822. The van der Waals surface area contributed by atoms with Crippen molar-refractivity contribution >= 4 is 23.2 Å². The summed E-state index contributed by atoms with van der Waals surface area (Å²) in [5.41, 5.74) is 0.796. The van der Waals surface area contributed by atoms with E-state index in [4.69, 9.17) is 4.74 Å². The van der Waals surface area contributed by atoms with Crippen LogP contribution in [0.1, 0.15) is 20.2 Å². The molecule has 2 rings (SSSR count). The summed E-state index contributed by atoms with van der Waals surface area (Å²) in [5, 5.41) is 3.51. The molecular weight excluding hydrogens is 319 g/mol. The molecule has 1 heterocycles. The van der Waals surface area contributed by atoms with Gasteiger partial charge in [-0.15, -0.1) is 11.3 Å². The van der Waals surface area contributed by atoms with Gasteiger partial charge in [-0.3, -0.25) is 9.59 Å². The van der Waals surface area contributed by atoms with Crippen LogP contribution in [-0.2, 0) is 16.0 Å². The third kappa shape index (κ3) is 4.85. The maximum Gasteiger partial charge on any atom is 0.310 e. The lowest BCUT2D eigenvalue weighted by molar-refractivity contribution is -0.145. The van der Waals surface area contributed by atoms with Crippen LogP contribution in [0.25, 0.3) is 0 Å². The second-order valence-electron chi connectivity index (χ2n) is 5.00. The van der Waals surface area contributed by atoms with Crippen LogP contribution in [0.3, 0.4) is 0 Å². The van der Waals surface area contributed by atoms with Crippen LogP contribution < -0.4 is 5.32 Å². The van der Waals surface area contributed by atoms with Gasteiger partial charge in [0, 0.05) is 6.54 Å². The Bertz CT molecular complexity index is 685. The summed E-state index contributed by atoms with van der Waals surface area (Å²) in [7, 11) is 1.30. The van der Waals surface area contributed by atoms with Crippen molar-refractivity contribution in [3.05, 3.63) is 51.7 Å². The zero-order valence-electron chi connectivity index (χ0n) is 12.8. The Labute approximate surface area is 137 Å². The Morgan fingerprint density at radius 3 is 2.61 bits per heavy atom. The highest BCUT2D eigenvalue weighted by atomic mass is 32.1. The van der Waals surface area contributed by atoms with E-state index >= 15 is 0 Å². The first-order valence-electron chi connectivity index (χ1n) is 7.02. The number of hydrogen-bond donors (Lipinski definition) is 1. The second-order valence-corrected chi connectivity index (χ2v) is 6.24. The van der Waals surface area contributed by atoms with Crippen LogP contribution in [0.5, 0.6) is 0 Å². The van der Waals surface area contributed by atoms with E-state index in [1.165, 1.54) is 36.8 Å². The van der Waals surface area contributed by atoms with Gasteiger partial charge in [-0.1, -0.05) is 12.1 Å². The molecule has 1 unspecified atom stereocenters. The molecule has 1 aromatic carbocycles. The highest BCUT2D eigenvalue weighted by molar-refractivity contribution is 7.13. The predicted octanol–water partition coefficient (Wildman–Crippen LogP) is 2.35. The number of ether oxygens (including phenoxy) is 1. The molecule has 0 radical (unpaired) electrons. The number of rotatable bonds is 6. The van der Waals surface area contributed by atoms with Gasteiger partial charge < -0.3 is 10.1 Å². The first-order chi connectivity index (χ1) is 11.0. The molecule has 1 N–H and O–H groups in total. The highest BCUT2D eigenvalue weighted by Crippen LogP contribution is 2.13. The lowest BCUT2D eigenvalue weighted by Gasteiger charge is -2.15. The van der Waals surface area contributed by atoms with Gasteiger partial charge in [-0.25, -0.2) is 9.37 Å². The Hall–Kier alpha value is -2.28. The van der Waals surface area contributed by atoms with E-state index < -0.39 is 11.9 Å². The summed E-state index contributed by atoms with van der Waals surface area (Å²) in [4.78, 5) is 28.4. The van der Waals surface area contributed by atoms with E-state index in [9.17, 15) is 14.0 Å². The van der Waals surface area contributed by atoms with Crippen molar-refractivity contribution < 1.29 is 18.7 Å². The fraction of sp³-hybridized carbons (Fsp3) is 0.312. The molecule has 0 saturated heterocycles. The number of esters is 1. The number of amides is 1. The zero-order valence-corrected chi connectivity index (χ0v) is 13.7. The third-order valence-electron chi connectivity index (χ3n) is 3.28. The van der Waals surface area contributed by atoms with Gasteiger partial charge in [0.25, 0.3) is 5.91 Å². The number of thiazole rings is 1. The fourth-order valence-electron chi connectivity index (χ4n) is 2.08. The van der Waals surface area contributed by atoms with Gasteiger partial charge >= 0.3 is 5.97 Å². The van der Waals surface area contributed by atoms with Crippen molar-refractivity contribution in [2.45, 2.75) is 13.3 Å². The van der Waals surface area contributed by atoms with Crippen LogP contribution in [0.4, 0.5) is 4.39 Å². The minimum atomic E-state index is -0.538. The maximum atomic E-state index is 12.9. The van der Waals surface area contributed by atoms with E-state index in [1.807, 2.05) is 6.92 Å². The molecule has 1 aromatic heterocycles. The van der Waals surface area contributed by atoms with E-state index in [0.717, 1.165) is 10.6 Å². The number of nitrogens with zero attached hydrogens (tertiary/aromatic N) is 1. The zero-order chi connectivity index (χ0) is 16.8. The molecule has 0 spiro atoms. The molecule has 7 heteroatoms. The third-order valence-corrected chi connectivity index (χ3v) is 4.20. The van der Waals surface area contributed by atoms with Gasteiger partial charge in [0.1, 0.15) is 10.7 Å². The molecule has 0 aliphatic rings. The van der Waals surface area contributed by atoms with Gasteiger partial charge in [0.2, 0.25) is 0 Å². The lowest BCUT2D eigenvalue weighted by atomic mass is 9.99. The Balaban J connectivity index is 1.99. The van der Waals surface area contributed by atoms with Crippen molar-refractivity contribution in [1.82, 2.24) is 10.3 Å². The fourth-order valence-corrected chi connectivity index (χ4v) is 2.77. The molecule has 0 aliphatic carbocycles. The molecular formula is C16H17FN2O3S. The smallest absolute Gasteiger partial charge is 0.310 e. The summed E-state index contributed by atoms with van der Waals surface area (Å²) < 4.78 is 17.7. The van der Waals surface area contributed by atoms with Crippen LogP contribution >= 0.6 is 11.3 Å². The molecule has 1 amide bonds. The van der Waals surface area contributed by atoms with Crippen molar-refractivity contribution in [2.24, 2.45) is 5.92 Å². The molecule has 0 bridgehead atoms. The minimum absolute atomic E-state index is 0.139. The van der Waals surface area contributed by atoms with E-state index in [1.54, 1.807) is 12.1 Å². The number of aryl methyl sites for hydroxylation is 1. The molecule has 1 atom stereocenters. The molecule has 0 aliphatic heterocycles. The Kier molecular flexibility index (Phi) is 5.81. The Morgan fingerprint density at radius 1 is 1.35 bits per heavy atom. The molecule has 5 nitrogen and oxygen atoms in total. The first kappa shape index (κ1) is 17.1. The minimum Gasteiger partial charge on any atom is -0.469 e. The van der Waals surface area contributed by atoms with Gasteiger partial charge in [0.05, 0.1) is 24.2 Å². The van der Waals surface area contributed by atoms with Gasteiger partial charge in [-0.2, -0.15) is 0 Å². The lowest BCUT2D eigenvalue weighted by Crippen LogP contribution is -2.34. The van der Waals surface area contributed by atoms with E-state index in [2.05, 4.69) is 10.3 Å². The average Bonchev–Trinajstić information content (AvgIpc) is 2.98. The molecule has 0 fully saturated rings. The van der Waals surface area contributed by atoms with Crippen LogP contribution in [0.2, 0.25) is 0 Å². The van der Waals surface area contributed by atoms with E-state index in [-0.39, 0.29) is 18.3 Å². The first-order valence-corrected chi connectivity index (χ1v) is 7.84. The molecule has 23 heavy (non-hydrogen) atoms. The number of hydrogen-bond acceptors (Lipinski definition) is 5. The number of carbonyl (C=O) groups excluding carboxylic acids is 2. The van der Waals surface area contributed by atoms with Crippen LogP contribution in [0, 0.1) is 18.7 Å². The topological polar surface area (TPSA) is 68.3 Å². The number of aromatic nitrogens is 1. The van der Waals surface area contributed by atoms with Crippen LogP contribution in [0.15, 0.2) is 30.5 Å². The maximum absolute atomic E-state index is 12.9. The predicted molar refractivity (Wildman–Crippen MR) is 84.8 cm³/mol. The summed E-state index contributed by atoms with van der Waals surface area (Å²) >= 11 is 1.29. The normalized spacial score (nSPS) is 11.8. The molecule has 122 valence electrons. The summed E-state index contributed by atoms with van der Waals surface area (Å²) in [5.74, 6) is -1.57. The largest absolute Gasteiger partial charge is 0.469 e. The number of carbonyl (C=O) groups is 2. The van der Waals surface area contributed by atoms with Crippen molar-refractivity contribution in [2.75, 3.05) is 13.7 Å². The van der Waals surface area contributed by atoms with Crippen molar-refractivity contribution in [1.29, 1.82) is 0 Å². The standard InChI is InChI=1S/C16H17FN2O3S/c1-10-18-9-14(23-10)15(20)19-8-12(16(21)22-2)7-11-3-5-13(17)6-4-11/h3-6,9,12H,7-8H2,1-2H3,(H,19,20). The van der Waals surface area contributed by atoms with Gasteiger partial charge in [0.15, 0.2) is 0 Å². The molecule has 2 aromatic rings. The van der Waals surface area contributed by atoms with Crippen molar-refractivity contribution in [3.8, 4) is 0 Å². The SMILES string of the molecule is COC(=O)C(CNC(=O)c1cnc(C)s1)Cc1ccc(F)cc1. The number of halogens is 1. The average molecular weight is 336 g/mol. The van der Waals surface area contributed by atoms with E-state index in [0.29, 0.717) is 11.3 Å². The van der Waals surface area contributed by atoms with Gasteiger partial charge in [-0.05, 0) is 31.0 Å². The van der Waals surface area contributed by atoms with Crippen molar-refractivity contribution in [3.63, 3.8) is 0 Å². The summed E-state index contributed by atoms with van der Waals surface area (Å²) in [6.07, 6.45) is 1.86. The number of nitrogens with one attached hydrogen (secondary N) is 1. The Morgan fingerprint density at radius 2 is 2.04 bits per heavy atom.